The van der Waals surface area contributed by atoms with E-state index < -0.39 is 6.04 Å². The zero-order valence-electron chi connectivity index (χ0n) is 9.78. The quantitative estimate of drug-likeness (QED) is 0.696. The molecule has 8 nitrogen and oxygen atoms in total. The molecule has 2 rings (SSSR count). The van der Waals surface area contributed by atoms with E-state index in [0.29, 0.717) is 11.3 Å². The van der Waals surface area contributed by atoms with Crippen LogP contribution in [0, 0.1) is 0 Å². The summed E-state index contributed by atoms with van der Waals surface area (Å²) in [5.74, 6) is -0.371. The molecule has 2 aromatic rings. The minimum absolute atomic E-state index is 0.203. The molecule has 0 radical (unpaired) electrons. The van der Waals surface area contributed by atoms with Crippen molar-refractivity contribution < 1.29 is 14.6 Å². The first-order chi connectivity index (χ1) is 8.76. The van der Waals surface area contributed by atoms with Crippen molar-refractivity contribution in [3.8, 4) is 0 Å². The van der Waals surface area contributed by atoms with Crippen LogP contribution in [0.5, 0.6) is 0 Å². The van der Waals surface area contributed by atoms with E-state index in [2.05, 4.69) is 20.8 Å². The number of ether oxygens (including phenoxy) is 1. The molecule has 0 aliphatic rings. The van der Waals surface area contributed by atoms with Gasteiger partial charge in [-0.05, 0) is 22.6 Å². The van der Waals surface area contributed by atoms with Gasteiger partial charge in [0.05, 0.1) is 19.3 Å². The van der Waals surface area contributed by atoms with Gasteiger partial charge in [0.25, 0.3) is 5.91 Å². The first-order valence-electron chi connectivity index (χ1n) is 5.34. The third-order valence-corrected chi connectivity index (χ3v) is 2.38. The largest absolute Gasteiger partial charge is 0.394 e. The number of hydrogen-bond acceptors (Lipinski definition) is 6. The molecular weight excluding hydrogens is 238 g/mol. The molecule has 2 N–H and O–H groups in total. The molecular formula is C10H13N5O3. The maximum absolute atomic E-state index is 12.0. The predicted molar refractivity (Wildman–Crippen MR) is 61.0 cm³/mol. The van der Waals surface area contributed by atoms with Crippen molar-refractivity contribution in [2.75, 3.05) is 20.3 Å². The maximum Gasteiger partial charge on any atom is 0.270 e. The summed E-state index contributed by atoms with van der Waals surface area (Å²) < 4.78 is 6.21. The van der Waals surface area contributed by atoms with E-state index in [-0.39, 0.29) is 19.1 Å². The van der Waals surface area contributed by atoms with Gasteiger partial charge in [0.1, 0.15) is 5.69 Å². The third-order valence-electron chi connectivity index (χ3n) is 2.38. The van der Waals surface area contributed by atoms with Crippen LogP contribution in [0.4, 0.5) is 0 Å². The van der Waals surface area contributed by atoms with Crippen molar-refractivity contribution in [2.45, 2.75) is 6.04 Å². The van der Waals surface area contributed by atoms with Gasteiger partial charge < -0.3 is 15.2 Å². The summed E-state index contributed by atoms with van der Waals surface area (Å²) in [7, 11) is 1.50. The summed E-state index contributed by atoms with van der Waals surface area (Å²) in [5, 5.41) is 22.7. The molecule has 0 bridgehead atoms. The van der Waals surface area contributed by atoms with Gasteiger partial charge in [0, 0.05) is 7.11 Å². The minimum atomic E-state index is -0.464. The van der Waals surface area contributed by atoms with Crippen molar-refractivity contribution in [2.24, 2.45) is 0 Å². The second kappa shape index (κ2) is 5.52. The van der Waals surface area contributed by atoms with Gasteiger partial charge in [-0.25, -0.2) is 0 Å². The van der Waals surface area contributed by atoms with Crippen LogP contribution < -0.4 is 5.32 Å². The minimum Gasteiger partial charge on any atom is -0.394 e. The fraction of sp³-hybridized carbons (Fsp3) is 0.400. The monoisotopic (exact) mass is 251 g/mol. The van der Waals surface area contributed by atoms with Crippen LogP contribution in [0.2, 0.25) is 0 Å². The zero-order valence-corrected chi connectivity index (χ0v) is 9.78. The number of rotatable bonds is 5. The molecule has 0 saturated carbocycles. The standard InChI is InChI=1S/C10H13N5O3/c1-18-6-7(5-16)11-10(17)8-3-2-4-9-12-13-14-15(8)9/h2-4,7,16H,5-6H2,1H3,(H,11,17). The number of hydrogen-bond donors (Lipinski definition) is 2. The Morgan fingerprint density at radius 2 is 2.44 bits per heavy atom. The van der Waals surface area contributed by atoms with Crippen LogP contribution in [0.1, 0.15) is 10.5 Å². The summed E-state index contributed by atoms with van der Waals surface area (Å²) in [4.78, 5) is 12.0. The highest BCUT2D eigenvalue weighted by Gasteiger charge is 2.16. The number of nitrogens with zero attached hydrogens (tertiary/aromatic N) is 4. The SMILES string of the molecule is COCC(CO)NC(=O)c1cccc2nnnn12. The Morgan fingerprint density at radius 1 is 1.61 bits per heavy atom. The average molecular weight is 251 g/mol. The van der Waals surface area contributed by atoms with Gasteiger partial charge in [-0.15, -0.1) is 5.10 Å². The Labute approximate surface area is 103 Å². The lowest BCUT2D eigenvalue weighted by atomic mass is 10.3. The number of methoxy groups -OCH3 is 1. The molecule has 0 fully saturated rings. The van der Waals surface area contributed by atoms with E-state index >= 15 is 0 Å². The third kappa shape index (κ3) is 2.44. The lowest BCUT2D eigenvalue weighted by Gasteiger charge is -2.15. The maximum atomic E-state index is 12.0. The molecule has 0 saturated heterocycles. The van der Waals surface area contributed by atoms with E-state index in [0.717, 1.165) is 0 Å². The van der Waals surface area contributed by atoms with Crippen LogP contribution in [-0.2, 0) is 4.74 Å². The van der Waals surface area contributed by atoms with Crippen LogP contribution in [0.15, 0.2) is 18.2 Å². The van der Waals surface area contributed by atoms with Gasteiger partial charge in [-0.3, -0.25) is 4.79 Å². The first kappa shape index (κ1) is 12.4. The molecule has 18 heavy (non-hydrogen) atoms. The van der Waals surface area contributed by atoms with Crippen LogP contribution in [0.3, 0.4) is 0 Å². The summed E-state index contributed by atoms with van der Waals surface area (Å²) in [6, 6.07) is 4.51. The topological polar surface area (TPSA) is 102 Å². The number of aromatic nitrogens is 4. The van der Waals surface area contributed by atoms with E-state index in [1.165, 1.54) is 11.6 Å². The lowest BCUT2D eigenvalue weighted by Crippen LogP contribution is -2.41. The molecule has 2 aromatic heterocycles. The summed E-state index contributed by atoms with van der Waals surface area (Å²) in [6.45, 7) is 0.0268. The van der Waals surface area contributed by atoms with Crippen LogP contribution >= 0.6 is 0 Å². The Hall–Kier alpha value is -2.06. The fourth-order valence-electron chi connectivity index (χ4n) is 1.54. The number of amides is 1. The number of fused-ring (bicyclic) bond motifs is 1. The number of aliphatic hydroxyl groups excluding tert-OH is 1. The van der Waals surface area contributed by atoms with Gasteiger partial charge in [-0.1, -0.05) is 6.07 Å². The molecule has 0 aromatic carbocycles. The lowest BCUT2D eigenvalue weighted by molar-refractivity contribution is 0.0832. The highest BCUT2D eigenvalue weighted by atomic mass is 16.5. The van der Waals surface area contributed by atoms with Crippen molar-refractivity contribution in [3.63, 3.8) is 0 Å². The van der Waals surface area contributed by atoms with E-state index in [4.69, 9.17) is 9.84 Å². The number of nitrogens with one attached hydrogen (secondary N) is 1. The Kier molecular flexibility index (Phi) is 3.80. The Morgan fingerprint density at radius 3 is 3.17 bits per heavy atom. The van der Waals surface area contributed by atoms with Crippen molar-refractivity contribution >= 4 is 11.6 Å². The Bertz CT molecular complexity index is 541. The molecule has 8 heteroatoms. The highest BCUT2D eigenvalue weighted by Crippen LogP contribution is 2.03. The molecule has 1 amide bonds. The second-order valence-electron chi connectivity index (χ2n) is 3.67. The molecule has 96 valence electrons. The first-order valence-corrected chi connectivity index (χ1v) is 5.34. The molecule has 2 heterocycles. The van der Waals surface area contributed by atoms with E-state index in [1.54, 1.807) is 18.2 Å². The number of carbonyl (C=O) groups is 1. The van der Waals surface area contributed by atoms with Crippen LogP contribution in [-0.4, -0.2) is 57.4 Å². The molecule has 0 aliphatic carbocycles. The second-order valence-corrected chi connectivity index (χ2v) is 3.67. The van der Waals surface area contributed by atoms with Crippen molar-refractivity contribution in [1.82, 2.24) is 25.4 Å². The molecule has 1 unspecified atom stereocenters. The van der Waals surface area contributed by atoms with Crippen LogP contribution in [0.25, 0.3) is 5.65 Å². The van der Waals surface area contributed by atoms with Crippen molar-refractivity contribution in [1.29, 1.82) is 0 Å². The van der Waals surface area contributed by atoms with Gasteiger partial charge in [0.2, 0.25) is 0 Å². The molecule has 0 spiro atoms. The summed E-state index contributed by atoms with van der Waals surface area (Å²) >= 11 is 0. The number of pyridine rings is 1. The van der Waals surface area contributed by atoms with Gasteiger partial charge in [-0.2, -0.15) is 4.52 Å². The molecule has 1 atom stereocenters. The number of carbonyl (C=O) groups excluding carboxylic acids is 1. The Balaban J connectivity index is 2.20. The normalized spacial score (nSPS) is 12.6. The van der Waals surface area contributed by atoms with Gasteiger partial charge in [0.15, 0.2) is 5.65 Å². The van der Waals surface area contributed by atoms with Crippen molar-refractivity contribution in [3.05, 3.63) is 23.9 Å². The highest BCUT2D eigenvalue weighted by molar-refractivity contribution is 5.93. The summed E-state index contributed by atoms with van der Waals surface area (Å²) in [6.07, 6.45) is 0. The molecule has 0 aliphatic heterocycles. The van der Waals surface area contributed by atoms with E-state index in [9.17, 15) is 4.79 Å². The fourth-order valence-corrected chi connectivity index (χ4v) is 1.54. The zero-order chi connectivity index (χ0) is 13.0. The van der Waals surface area contributed by atoms with E-state index in [1.807, 2.05) is 0 Å². The average Bonchev–Trinajstić information content (AvgIpc) is 2.85. The smallest absolute Gasteiger partial charge is 0.270 e. The number of aliphatic hydroxyl groups is 1. The van der Waals surface area contributed by atoms with Gasteiger partial charge >= 0.3 is 0 Å². The predicted octanol–water partition coefficient (Wildman–Crippen LogP) is -1.14. The number of tetrazole rings is 1. The summed E-state index contributed by atoms with van der Waals surface area (Å²) in [5.41, 5.74) is 0.780.